The molecule has 1 atom stereocenters. The van der Waals surface area contributed by atoms with E-state index in [-0.39, 0.29) is 17.0 Å². The fraction of sp³-hybridized carbons (Fsp3) is 0.133. The molecule has 1 fully saturated rings. The van der Waals surface area contributed by atoms with Crippen LogP contribution in [0.4, 0.5) is 5.69 Å². The predicted octanol–water partition coefficient (Wildman–Crippen LogP) is 3.82. The van der Waals surface area contributed by atoms with Gasteiger partial charge in [0.1, 0.15) is 11.1 Å². The standard InChI is InChI=1S/C15H12ClNO2S/c16-11-3-5-12(6-4-11)17-14(19)9-20-15(17)10-1-7-13(18)8-2-10/h1-8,15,18H,9H2/t15-/m0/s1. The van der Waals surface area contributed by atoms with Gasteiger partial charge in [-0.15, -0.1) is 11.8 Å². The van der Waals surface area contributed by atoms with Crippen LogP contribution in [0.15, 0.2) is 48.5 Å². The van der Waals surface area contributed by atoms with Crippen LogP contribution in [-0.2, 0) is 4.79 Å². The van der Waals surface area contributed by atoms with Gasteiger partial charge in [0, 0.05) is 10.7 Å². The highest BCUT2D eigenvalue weighted by Crippen LogP contribution is 2.42. The highest BCUT2D eigenvalue weighted by molar-refractivity contribution is 8.00. The van der Waals surface area contributed by atoms with Gasteiger partial charge in [0.25, 0.3) is 0 Å². The van der Waals surface area contributed by atoms with Gasteiger partial charge in [-0.2, -0.15) is 0 Å². The van der Waals surface area contributed by atoms with Crippen molar-refractivity contribution in [3.8, 4) is 5.75 Å². The minimum atomic E-state index is -0.0655. The summed E-state index contributed by atoms with van der Waals surface area (Å²) in [5.41, 5.74) is 1.83. The molecule has 20 heavy (non-hydrogen) atoms. The molecule has 0 bridgehead atoms. The van der Waals surface area contributed by atoms with Crippen LogP contribution in [0.5, 0.6) is 5.75 Å². The average Bonchev–Trinajstić information content (AvgIpc) is 2.83. The average molecular weight is 306 g/mol. The molecule has 2 aromatic rings. The fourth-order valence-electron chi connectivity index (χ4n) is 2.19. The zero-order chi connectivity index (χ0) is 14.1. The van der Waals surface area contributed by atoms with Gasteiger partial charge < -0.3 is 5.11 Å². The number of carbonyl (C=O) groups is 1. The highest BCUT2D eigenvalue weighted by Gasteiger charge is 2.33. The minimum absolute atomic E-state index is 0.0655. The van der Waals surface area contributed by atoms with Crippen LogP contribution in [0.25, 0.3) is 0 Å². The lowest BCUT2D eigenvalue weighted by Gasteiger charge is -2.24. The first-order valence-electron chi connectivity index (χ1n) is 6.13. The monoisotopic (exact) mass is 305 g/mol. The summed E-state index contributed by atoms with van der Waals surface area (Å²) in [5, 5.41) is 9.94. The Labute approximate surface area is 126 Å². The first-order valence-corrected chi connectivity index (χ1v) is 7.56. The highest BCUT2D eigenvalue weighted by atomic mass is 35.5. The van der Waals surface area contributed by atoms with Gasteiger partial charge in [-0.05, 0) is 42.0 Å². The molecule has 3 rings (SSSR count). The van der Waals surface area contributed by atoms with Gasteiger partial charge in [0.05, 0.1) is 5.75 Å². The second-order valence-corrected chi connectivity index (χ2v) is 6.00. The summed E-state index contributed by atoms with van der Waals surface area (Å²) in [4.78, 5) is 13.9. The fourth-order valence-corrected chi connectivity index (χ4v) is 3.49. The Balaban J connectivity index is 1.96. The van der Waals surface area contributed by atoms with E-state index in [1.54, 1.807) is 40.9 Å². The Bertz CT molecular complexity index is 627. The van der Waals surface area contributed by atoms with Crippen LogP contribution in [-0.4, -0.2) is 16.8 Å². The SMILES string of the molecule is O=C1CS[C@@H](c2ccc(O)cc2)N1c1ccc(Cl)cc1. The lowest BCUT2D eigenvalue weighted by atomic mass is 10.2. The first kappa shape index (κ1) is 13.3. The second kappa shape index (κ2) is 5.38. The van der Waals surface area contributed by atoms with E-state index in [2.05, 4.69) is 0 Å². The maximum absolute atomic E-state index is 12.1. The van der Waals surface area contributed by atoms with Crippen molar-refractivity contribution in [3.05, 3.63) is 59.1 Å². The molecule has 102 valence electrons. The number of thioether (sulfide) groups is 1. The molecule has 3 nitrogen and oxygen atoms in total. The first-order chi connectivity index (χ1) is 9.65. The molecular formula is C15H12ClNO2S. The Hall–Kier alpha value is -1.65. The van der Waals surface area contributed by atoms with Crippen molar-refractivity contribution in [1.82, 2.24) is 0 Å². The van der Waals surface area contributed by atoms with Gasteiger partial charge in [-0.3, -0.25) is 9.69 Å². The van der Waals surface area contributed by atoms with Crippen molar-refractivity contribution in [2.45, 2.75) is 5.37 Å². The number of halogens is 1. The molecule has 0 unspecified atom stereocenters. The van der Waals surface area contributed by atoms with E-state index >= 15 is 0 Å². The number of aromatic hydroxyl groups is 1. The molecule has 2 aromatic carbocycles. The quantitative estimate of drug-likeness (QED) is 0.917. The van der Waals surface area contributed by atoms with Crippen molar-refractivity contribution in [3.63, 3.8) is 0 Å². The molecule has 1 amide bonds. The number of hydrogen-bond donors (Lipinski definition) is 1. The van der Waals surface area contributed by atoms with Gasteiger partial charge in [0.2, 0.25) is 5.91 Å². The van der Waals surface area contributed by atoms with Crippen LogP contribution in [0.2, 0.25) is 5.02 Å². The Morgan fingerprint density at radius 1 is 1.10 bits per heavy atom. The normalized spacial score (nSPS) is 18.6. The van der Waals surface area contributed by atoms with E-state index in [0.29, 0.717) is 10.8 Å². The third-order valence-electron chi connectivity index (χ3n) is 3.15. The lowest BCUT2D eigenvalue weighted by molar-refractivity contribution is -0.115. The molecule has 0 aromatic heterocycles. The molecule has 1 saturated heterocycles. The van der Waals surface area contributed by atoms with Crippen LogP contribution in [0.3, 0.4) is 0 Å². The summed E-state index contributed by atoms with van der Waals surface area (Å²) in [7, 11) is 0. The molecule has 0 saturated carbocycles. The molecule has 1 N–H and O–H groups in total. The number of phenols is 1. The van der Waals surface area contributed by atoms with E-state index in [4.69, 9.17) is 11.6 Å². The third-order valence-corrected chi connectivity index (χ3v) is 4.62. The molecule has 0 radical (unpaired) electrons. The molecule has 1 heterocycles. The molecule has 1 aliphatic rings. The number of hydrogen-bond acceptors (Lipinski definition) is 3. The number of amides is 1. The van der Waals surface area contributed by atoms with E-state index < -0.39 is 0 Å². The maximum Gasteiger partial charge on any atom is 0.238 e. The van der Waals surface area contributed by atoms with Crippen LogP contribution in [0, 0.1) is 0 Å². The van der Waals surface area contributed by atoms with Crippen LogP contribution in [0.1, 0.15) is 10.9 Å². The van der Waals surface area contributed by atoms with Crippen molar-refractivity contribution in [2.24, 2.45) is 0 Å². The molecule has 1 aliphatic heterocycles. The largest absolute Gasteiger partial charge is 0.508 e. The number of nitrogens with zero attached hydrogens (tertiary/aromatic N) is 1. The molecule has 0 spiro atoms. The maximum atomic E-state index is 12.1. The van der Waals surface area contributed by atoms with E-state index in [1.165, 1.54) is 0 Å². The Morgan fingerprint density at radius 2 is 1.75 bits per heavy atom. The van der Waals surface area contributed by atoms with E-state index in [9.17, 15) is 9.90 Å². The van der Waals surface area contributed by atoms with E-state index in [0.717, 1.165) is 11.3 Å². The summed E-state index contributed by atoms with van der Waals surface area (Å²) in [6, 6.07) is 14.2. The Kier molecular flexibility index (Phi) is 3.59. The summed E-state index contributed by atoms with van der Waals surface area (Å²) < 4.78 is 0. The number of carbonyl (C=O) groups excluding carboxylic acids is 1. The summed E-state index contributed by atoms with van der Waals surface area (Å²) in [5.74, 6) is 0.755. The van der Waals surface area contributed by atoms with Crippen molar-refractivity contribution >= 4 is 35.0 Å². The topological polar surface area (TPSA) is 40.5 Å². The zero-order valence-electron chi connectivity index (χ0n) is 10.5. The number of benzene rings is 2. The summed E-state index contributed by atoms with van der Waals surface area (Å²) in [6.45, 7) is 0. The van der Waals surface area contributed by atoms with Gasteiger partial charge in [-0.25, -0.2) is 0 Å². The zero-order valence-corrected chi connectivity index (χ0v) is 12.1. The van der Waals surface area contributed by atoms with Gasteiger partial charge in [0.15, 0.2) is 0 Å². The van der Waals surface area contributed by atoms with Gasteiger partial charge >= 0.3 is 0 Å². The number of phenolic OH excluding ortho intramolecular Hbond substituents is 1. The third kappa shape index (κ3) is 2.49. The summed E-state index contributed by atoms with van der Waals surface area (Å²) in [6.07, 6.45) is 0. The minimum Gasteiger partial charge on any atom is -0.508 e. The van der Waals surface area contributed by atoms with Crippen molar-refractivity contribution in [1.29, 1.82) is 0 Å². The Morgan fingerprint density at radius 3 is 2.40 bits per heavy atom. The summed E-state index contributed by atoms with van der Waals surface area (Å²) >= 11 is 7.47. The predicted molar refractivity (Wildman–Crippen MR) is 82.2 cm³/mol. The number of rotatable bonds is 2. The number of anilines is 1. The lowest BCUT2D eigenvalue weighted by Crippen LogP contribution is -2.27. The van der Waals surface area contributed by atoms with Crippen molar-refractivity contribution < 1.29 is 9.90 Å². The molecular weight excluding hydrogens is 294 g/mol. The van der Waals surface area contributed by atoms with Crippen LogP contribution < -0.4 is 4.90 Å². The molecule has 5 heteroatoms. The molecule has 0 aliphatic carbocycles. The smallest absolute Gasteiger partial charge is 0.238 e. The van der Waals surface area contributed by atoms with E-state index in [1.807, 2.05) is 24.3 Å². The van der Waals surface area contributed by atoms with Crippen molar-refractivity contribution in [2.75, 3.05) is 10.7 Å². The van der Waals surface area contributed by atoms with Crippen LogP contribution >= 0.6 is 23.4 Å². The van der Waals surface area contributed by atoms with Gasteiger partial charge in [-0.1, -0.05) is 23.7 Å². The second-order valence-electron chi connectivity index (χ2n) is 4.50.